The lowest BCUT2D eigenvalue weighted by atomic mass is 9.99. The minimum atomic E-state index is -0.860. The predicted octanol–water partition coefficient (Wildman–Crippen LogP) is 4.15. The molecule has 27 heavy (non-hydrogen) atoms. The van der Waals surface area contributed by atoms with Crippen LogP contribution in [0.5, 0.6) is 0 Å². The first-order chi connectivity index (χ1) is 13.1. The molecule has 3 aromatic rings. The summed E-state index contributed by atoms with van der Waals surface area (Å²) in [6.07, 6.45) is 2.94. The van der Waals surface area contributed by atoms with E-state index in [0.717, 1.165) is 0 Å². The lowest BCUT2D eigenvalue weighted by Crippen LogP contribution is -2.28. The second-order valence-corrected chi connectivity index (χ2v) is 6.47. The summed E-state index contributed by atoms with van der Waals surface area (Å²) in [5.74, 6) is -0.914. The molecule has 1 atom stereocenters. The van der Waals surface area contributed by atoms with Crippen molar-refractivity contribution in [1.29, 1.82) is 0 Å². The molecule has 1 aromatic carbocycles. The van der Waals surface area contributed by atoms with Gasteiger partial charge in [-0.3, -0.25) is 9.59 Å². The molecule has 0 bridgehead atoms. The molecule has 1 unspecified atom stereocenters. The quantitative estimate of drug-likeness (QED) is 0.415. The summed E-state index contributed by atoms with van der Waals surface area (Å²) in [6, 6.07) is 12.2. The summed E-state index contributed by atoms with van der Waals surface area (Å²) in [7, 11) is 0. The van der Waals surface area contributed by atoms with Crippen LogP contribution in [0.3, 0.4) is 0 Å². The van der Waals surface area contributed by atoms with Crippen molar-refractivity contribution in [3.8, 4) is 0 Å². The van der Waals surface area contributed by atoms with Crippen molar-refractivity contribution in [3.05, 3.63) is 88.7 Å². The van der Waals surface area contributed by atoms with Crippen LogP contribution in [0.25, 0.3) is 5.76 Å². The van der Waals surface area contributed by atoms with E-state index in [1.807, 2.05) is 0 Å². The number of carbonyl (C=O) groups excluding carboxylic acids is 2. The number of halogens is 1. The van der Waals surface area contributed by atoms with Crippen LogP contribution in [0.4, 0.5) is 0 Å². The number of Topliss-reactive ketones (excluding diaryl/α,β-unsaturated/α-hetero) is 1. The average Bonchev–Trinajstić information content (AvgIpc) is 3.40. The van der Waals surface area contributed by atoms with Crippen molar-refractivity contribution in [2.45, 2.75) is 12.6 Å². The van der Waals surface area contributed by atoms with Gasteiger partial charge in [0.25, 0.3) is 11.7 Å². The molecule has 1 N–H and O–H groups in total. The Balaban J connectivity index is 1.83. The maximum atomic E-state index is 12.7. The van der Waals surface area contributed by atoms with Crippen molar-refractivity contribution in [2.75, 3.05) is 0 Å². The van der Waals surface area contributed by atoms with E-state index >= 15 is 0 Å². The molecule has 0 aliphatic carbocycles. The summed E-state index contributed by atoms with van der Waals surface area (Å²) in [4.78, 5) is 26.7. The normalized spacial score (nSPS) is 19.0. The van der Waals surface area contributed by atoms with Gasteiger partial charge < -0.3 is 18.8 Å². The van der Waals surface area contributed by atoms with Crippen molar-refractivity contribution in [3.63, 3.8) is 0 Å². The van der Waals surface area contributed by atoms with Gasteiger partial charge in [0.1, 0.15) is 23.3 Å². The second kappa shape index (κ2) is 6.81. The molecule has 3 heterocycles. The number of hydrogen-bond acceptors (Lipinski definition) is 5. The van der Waals surface area contributed by atoms with E-state index in [9.17, 15) is 14.7 Å². The van der Waals surface area contributed by atoms with Gasteiger partial charge >= 0.3 is 0 Å². The van der Waals surface area contributed by atoms with Crippen LogP contribution in [0.2, 0.25) is 5.02 Å². The summed E-state index contributed by atoms with van der Waals surface area (Å²) in [6.45, 7) is 0.0698. The monoisotopic (exact) mass is 383 g/mol. The summed E-state index contributed by atoms with van der Waals surface area (Å²) in [5, 5.41) is 11.3. The summed E-state index contributed by atoms with van der Waals surface area (Å²) < 4.78 is 10.8. The maximum Gasteiger partial charge on any atom is 0.296 e. The third-order valence-electron chi connectivity index (χ3n) is 4.38. The van der Waals surface area contributed by atoms with Gasteiger partial charge in [-0.1, -0.05) is 11.6 Å². The van der Waals surface area contributed by atoms with Crippen molar-refractivity contribution in [1.82, 2.24) is 4.90 Å². The predicted molar refractivity (Wildman–Crippen MR) is 96.7 cm³/mol. The smallest absolute Gasteiger partial charge is 0.296 e. The highest BCUT2D eigenvalue weighted by Gasteiger charge is 2.47. The third kappa shape index (κ3) is 3.04. The lowest BCUT2D eigenvalue weighted by molar-refractivity contribution is -0.140. The first-order valence-corrected chi connectivity index (χ1v) is 8.54. The van der Waals surface area contributed by atoms with Gasteiger partial charge in [-0.15, -0.1) is 0 Å². The van der Waals surface area contributed by atoms with Crippen LogP contribution >= 0.6 is 11.6 Å². The number of benzene rings is 1. The summed E-state index contributed by atoms with van der Waals surface area (Å²) in [5.41, 5.74) is 0.343. The molecule has 0 saturated carbocycles. The maximum absolute atomic E-state index is 12.7. The number of likely N-dealkylation sites (tertiary alicyclic amines) is 1. The second-order valence-electron chi connectivity index (χ2n) is 6.03. The van der Waals surface area contributed by atoms with Gasteiger partial charge in [0.15, 0.2) is 0 Å². The zero-order chi connectivity index (χ0) is 19.0. The van der Waals surface area contributed by atoms with E-state index < -0.39 is 17.7 Å². The molecule has 4 rings (SSSR count). The highest BCUT2D eigenvalue weighted by molar-refractivity contribution is 6.46. The van der Waals surface area contributed by atoms with E-state index in [2.05, 4.69) is 0 Å². The van der Waals surface area contributed by atoms with Crippen LogP contribution in [0.1, 0.15) is 23.1 Å². The lowest BCUT2D eigenvalue weighted by Gasteiger charge is -2.22. The fourth-order valence-electron chi connectivity index (χ4n) is 3.12. The van der Waals surface area contributed by atoms with E-state index in [-0.39, 0.29) is 17.9 Å². The Morgan fingerprint density at radius 1 is 1.04 bits per heavy atom. The fourth-order valence-corrected chi connectivity index (χ4v) is 3.25. The average molecular weight is 384 g/mol. The highest BCUT2D eigenvalue weighted by Crippen LogP contribution is 2.40. The van der Waals surface area contributed by atoms with Gasteiger partial charge in [-0.25, -0.2) is 0 Å². The first kappa shape index (κ1) is 17.2. The number of carbonyl (C=O) groups is 2. The zero-order valence-electron chi connectivity index (χ0n) is 14.0. The Labute approximate surface area is 159 Å². The SMILES string of the molecule is O=C1C(=O)N(Cc2ccco2)C(c2ccco2)/C1=C(/O)c1ccc(Cl)cc1. The minimum absolute atomic E-state index is 0.0381. The topological polar surface area (TPSA) is 83.9 Å². The molecule has 0 spiro atoms. The Hall–Kier alpha value is -3.25. The number of nitrogens with zero attached hydrogens (tertiary/aromatic N) is 1. The Bertz CT molecular complexity index is 1000. The van der Waals surface area contributed by atoms with E-state index in [4.69, 9.17) is 20.4 Å². The van der Waals surface area contributed by atoms with Crippen LogP contribution in [0, 0.1) is 0 Å². The molecule has 1 fully saturated rings. The van der Waals surface area contributed by atoms with Crippen LogP contribution < -0.4 is 0 Å². The summed E-state index contributed by atoms with van der Waals surface area (Å²) >= 11 is 5.89. The molecule has 136 valence electrons. The molecule has 7 heteroatoms. The number of hydrogen-bond donors (Lipinski definition) is 1. The van der Waals surface area contributed by atoms with Crippen molar-refractivity contribution in [2.24, 2.45) is 0 Å². The highest BCUT2D eigenvalue weighted by atomic mass is 35.5. The number of amides is 1. The molecule has 1 amide bonds. The largest absolute Gasteiger partial charge is 0.507 e. The van der Waals surface area contributed by atoms with Crippen molar-refractivity contribution >= 4 is 29.1 Å². The molecule has 1 aliphatic rings. The molecule has 1 aliphatic heterocycles. The van der Waals surface area contributed by atoms with Crippen LogP contribution in [-0.4, -0.2) is 21.7 Å². The molecular formula is C20H14ClNO5. The molecule has 0 radical (unpaired) electrons. The third-order valence-corrected chi connectivity index (χ3v) is 4.63. The van der Waals surface area contributed by atoms with Gasteiger partial charge in [-0.05, 0) is 48.5 Å². The molecule has 1 saturated heterocycles. The Morgan fingerprint density at radius 2 is 1.74 bits per heavy atom. The van der Waals surface area contributed by atoms with Gasteiger partial charge in [0.2, 0.25) is 0 Å². The fraction of sp³-hybridized carbons (Fsp3) is 0.100. The standard InChI is InChI=1S/C20H14ClNO5/c21-13-7-5-12(6-8-13)18(23)16-17(15-4-2-10-27-15)22(20(25)19(16)24)11-14-3-1-9-26-14/h1-10,17,23H,11H2/b18-16-. The van der Waals surface area contributed by atoms with E-state index in [0.29, 0.717) is 22.1 Å². The molecule has 2 aromatic heterocycles. The van der Waals surface area contributed by atoms with E-state index in [1.54, 1.807) is 48.5 Å². The molecule has 6 nitrogen and oxygen atoms in total. The molecular weight excluding hydrogens is 370 g/mol. The van der Waals surface area contributed by atoms with Gasteiger partial charge in [0, 0.05) is 10.6 Å². The number of rotatable bonds is 4. The van der Waals surface area contributed by atoms with Crippen LogP contribution in [-0.2, 0) is 16.1 Å². The Morgan fingerprint density at radius 3 is 2.37 bits per heavy atom. The minimum Gasteiger partial charge on any atom is -0.507 e. The number of ketones is 1. The van der Waals surface area contributed by atoms with Gasteiger partial charge in [0.05, 0.1) is 24.6 Å². The van der Waals surface area contributed by atoms with E-state index in [1.165, 1.54) is 17.4 Å². The Kier molecular flexibility index (Phi) is 4.33. The van der Waals surface area contributed by atoms with Gasteiger partial charge in [-0.2, -0.15) is 0 Å². The van der Waals surface area contributed by atoms with Crippen molar-refractivity contribution < 1.29 is 23.5 Å². The zero-order valence-corrected chi connectivity index (χ0v) is 14.7. The first-order valence-electron chi connectivity index (χ1n) is 8.16. The number of aliphatic hydroxyl groups is 1. The van der Waals surface area contributed by atoms with Crippen LogP contribution in [0.15, 0.2) is 75.5 Å². The number of aliphatic hydroxyl groups excluding tert-OH is 1. The number of furan rings is 2.